The SMILES string of the molecule is Cc1cc(C)c(C(C)NCc2nc(C)c(C)o2)c(C)n1. The minimum Gasteiger partial charge on any atom is -0.444 e. The van der Waals surface area contributed by atoms with Gasteiger partial charge in [-0.25, -0.2) is 4.98 Å². The maximum atomic E-state index is 5.59. The molecule has 0 radical (unpaired) electrons. The Morgan fingerprint density at radius 1 is 1.10 bits per heavy atom. The van der Waals surface area contributed by atoms with Gasteiger partial charge in [0.05, 0.1) is 12.2 Å². The van der Waals surface area contributed by atoms with Crippen molar-refractivity contribution in [3.05, 3.63) is 45.9 Å². The Morgan fingerprint density at radius 3 is 2.35 bits per heavy atom. The molecule has 2 rings (SSSR count). The number of hydrogen-bond donors (Lipinski definition) is 1. The summed E-state index contributed by atoms with van der Waals surface area (Å²) in [7, 11) is 0. The van der Waals surface area contributed by atoms with Crippen LogP contribution in [0.2, 0.25) is 0 Å². The smallest absolute Gasteiger partial charge is 0.208 e. The summed E-state index contributed by atoms with van der Waals surface area (Å²) in [6.45, 7) is 12.9. The molecule has 2 aromatic rings. The first-order valence-corrected chi connectivity index (χ1v) is 6.99. The van der Waals surface area contributed by atoms with Crippen LogP contribution in [-0.2, 0) is 6.54 Å². The van der Waals surface area contributed by atoms with Crippen LogP contribution in [0, 0.1) is 34.6 Å². The maximum Gasteiger partial charge on any atom is 0.208 e. The predicted molar refractivity (Wildman–Crippen MR) is 79.7 cm³/mol. The number of rotatable bonds is 4. The van der Waals surface area contributed by atoms with Crippen molar-refractivity contribution >= 4 is 0 Å². The molecular weight excluding hydrogens is 250 g/mol. The zero-order valence-corrected chi connectivity index (χ0v) is 13.2. The molecule has 0 spiro atoms. The van der Waals surface area contributed by atoms with Gasteiger partial charge in [0.2, 0.25) is 5.89 Å². The molecule has 0 aromatic carbocycles. The predicted octanol–water partition coefficient (Wildman–Crippen LogP) is 3.46. The largest absolute Gasteiger partial charge is 0.444 e. The van der Waals surface area contributed by atoms with Crippen molar-refractivity contribution in [2.75, 3.05) is 0 Å². The third kappa shape index (κ3) is 3.07. The van der Waals surface area contributed by atoms with Crippen LogP contribution in [-0.4, -0.2) is 9.97 Å². The van der Waals surface area contributed by atoms with Crippen LogP contribution < -0.4 is 5.32 Å². The molecule has 0 aliphatic rings. The quantitative estimate of drug-likeness (QED) is 0.926. The first kappa shape index (κ1) is 14.7. The molecule has 20 heavy (non-hydrogen) atoms. The molecule has 0 saturated carbocycles. The third-order valence-electron chi connectivity index (χ3n) is 3.65. The van der Waals surface area contributed by atoms with E-state index in [0.29, 0.717) is 6.54 Å². The van der Waals surface area contributed by atoms with E-state index >= 15 is 0 Å². The number of pyridine rings is 1. The Kier molecular flexibility index (Phi) is 4.23. The van der Waals surface area contributed by atoms with Gasteiger partial charge in [0.1, 0.15) is 5.76 Å². The van der Waals surface area contributed by atoms with Gasteiger partial charge in [-0.15, -0.1) is 0 Å². The van der Waals surface area contributed by atoms with Gasteiger partial charge in [0, 0.05) is 17.4 Å². The number of hydrogen-bond acceptors (Lipinski definition) is 4. The van der Waals surface area contributed by atoms with Crippen molar-refractivity contribution in [3.63, 3.8) is 0 Å². The van der Waals surface area contributed by atoms with Crippen molar-refractivity contribution in [2.45, 2.75) is 54.1 Å². The van der Waals surface area contributed by atoms with Gasteiger partial charge < -0.3 is 9.73 Å². The number of aryl methyl sites for hydroxylation is 5. The van der Waals surface area contributed by atoms with Gasteiger partial charge in [0.15, 0.2) is 0 Å². The van der Waals surface area contributed by atoms with E-state index in [-0.39, 0.29) is 6.04 Å². The van der Waals surface area contributed by atoms with Crippen LogP contribution in [0.5, 0.6) is 0 Å². The highest BCUT2D eigenvalue weighted by molar-refractivity contribution is 5.33. The Balaban J connectivity index is 2.10. The van der Waals surface area contributed by atoms with E-state index in [2.05, 4.69) is 42.1 Å². The summed E-state index contributed by atoms with van der Waals surface area (Å²) >= 11 is 0. The molecule has 1 atom stereocenters. The molecule has 4 heteroatoms. The average molecular weight is 273 g/mol. The molecule has 2 heterocycles. The van der Waals surface area contributed by atoms with Crippen LogP contribution >= 0.6 is 0 Å². The van der Waals surface area contributed by atoms with Crippen LogP contribution in [0.3, 0.4) is 0 Å². The Hall–Kier alpha value is -1.68. The molecule has 4 nitrogen and oxygen atoms in total. The molecule has 108 valence electrons. The van der Waals surface area contributed by atoms with Gasteiger partial charge in [0.25, 0.3) is 0 Å². The second-order valence-electron chi connectivity index (χ2n) is 5.43. The van der Waals surface area contributed by atoms with Crippen molar-refractivity contribution in [2.24, 2.45) is 0 Å². The highest BCUT2D eigenvalue weighted by Crippen LogP contribution is 2.21. The fraction of sp³-hybridized carbons (Fsp3) is 0.500. The zero-order chi connectivity index (χ0) is 14.9. The molecule has 1 unspecified atom stereocenters. The van der Waals surface area contributed by atoms with Crippen LogP contribution in [0.1, 0.15) is 52.8 Å². The molecule has 1 N–H and O–H groups in total. The highest BCUT2D eigenvalue weighted by Gasteiger charge is 2.14. The first-order chi connectivity index (χ1) is 9.38. The molecule has 0 fully saturated rings. The molecule has 0 saturated heterocycles. The molecule has 0 aliphatic carbocycles. The summed E-state index contributed by atoms with van der Waals surface area (Å²) in [6, 6.07) is 2.34. The number of oxazole rings is 1. The summed E-state index contributed by atoms with van der Waals surface area (Å²) in [5.74, 6) is 1.63. The lowest BCUT2D eigenvalue weighted by atomic mass is 10.0. The summed E-state index contributed by atoms with van der Waals surface area (Å²) in [5, 5.41) is 3.46. The van der Waals surface area contributed by atoms with Crippen molar-refractivity contribution < 1.29 is 4.42 Å². The number of aromatic nitrogens is 2. The van der Waals surface area contributed by atoms with E-state index in [0.717, 1.165) is 28.7 Å². The summed E-state index contributed by atoms with van der Waals surface area (Å²) < 4.78 is 5.59. The molecule has 0 amide bonds. The van der Waals surface area contributed by atoms with E-state index in [1.165, 1.54) is 11.1 Å². The molecular formula is C16H23N3O. The number of nitrogens with one attached hydrogen (secondary N) is 1. The maximum absolute atomic E-state index is 5.59. The van der Waals surface area contributed by atoms with E-state index in [9.17, 15) is 0 Å². The normalized spacial score (nSPS) is 12.7. The summed E-state index contributed by atoms with van der Waals surface area (Å²) in [4.78, 5) is 8.94. The summed E-state index contributed by atoms with van der Waals surface area (Å²) in [5.41, 5.74) is 5.64. The highest BCUT2D eigenvalue weighted by atomic mass is 16.4. The van der Waals surface area contributed by atoms with Crippen LogP contribution in [0.15, 0.2) is 10.5 Å². The second kappa shape index (κ2) is 5.75. The lowest BCUT2D eigenvalue weighted by Gasteiger charge is -2.18. The lowest BCUT2D eigenvalue weighted by molar-refractivity contribution is 0.431. The molecule has 0 aliphatic heterocycles. The molecule has 2 aromatic heterocycles. The van der Waals surface area contributed by atoms with Crippen LogP contribution in [0.25, 0.3) is 0 Å². The van der Waals surface area contributed by atoms with Crippen molar-refractivity contribution in [3.8, 4) is 0 Å². The first-order valence-electron chi connectivity index (χ1n) is 6.99. The third-order valence-corrected chi connectivity index (χ3v) is 3.65. The minimum absolute atomic E-state index is 0.218. The standard InChI is InChI=1S/C16H23N3O/c1-9-7-10(2)18-13(5)16(9)12(4)17-8-15-19-11(3)14(6)20-15/h7,12,17H,8H2,1-6H3. The van der Waals surface area contributed by atoms with Crippen molar-refractivity contribution in [1.29, 1.82) is 0 Å². The second-order valence-corrected chi connectivity index (χ2v) is 5.43. The van der Waals surface area contributed by atoms with E-state index in [1.54, 1.807) is 0 Å². The fourth-order valence-corrected chi connectivity index (χ4v) is 2.65. The van der Waals surface area contributed by atoms with Crippen molar-refractivity contribution in [1.82, 2.24) is 15.3 Å². The summed E-state index contributed by atoms with van der Waals surface area (Å²) in [6.07, 6.45) is 0. The Morgan fingerprint density at radius 2 is 1.80 bits per heavy atom. The van der Waals surface area contributed by atoms with Gasteiger partial charge in [-0.05, 0) is 58.7 Å². The average Bonchev–Trinajstić information content (AvgIpc) is 2.65. The zero-order valence-electron chi connectivity index (χ0n) is 13.2. The van der Waals surface area contributed by atoms with Gasteiger partial charge >= 0.3 is 0 Å². The van der Waals surface area contributed by atoms with E-state index in [1.807, 2.05) is 20.8 Å². The van der Waals surface area contributed by atoms with Crippen LogP contribution in [0.4, 0.5) is 0 Å². The number of nitrogens with zero attached hydrogens (tertiary/aromatic N) is 2. The lowest BCUT2D eigenvalue weighted by Crippen LogP contribution is -2.20. The molecule has 0 bridgehead atoms. The van der Waals surface area contributed by atoms with E-state index in [4.69, 9.17) is 4.42 Å². The van der Waals surface area contributed by atoms with Gasteiger partial charge in [-0.3, -0.25) is 4.98 Å². The van der Waals surface area contributed by atoms with Gasteiger partial charge in [-0.1, -0.05) is 0 Å². The monoisotopic (exact) mass is 273 g/mol. The van der Waals surface area contributed by atoms with E-state index < -0.39 is 0 Å². The van der Waals surface area contributed by atoms with Gasteiger partial charge in [-0.2, -0.15) is 0 Å². The minimum atomic E-state index is 0.218. The fourth-order valence-electron chi connectivity index (χ4n) is 2.65. The Bertz CT molecular complexity index is 574. The Labute approximate surface area is 120 Å². The topological polar surface area (TPSA) is 51.0 Å².